The first-order valence-electron chi connectivity index (χ1n) is 7.10. The summed E-state index contributed by atoms with van der Waals surface area (Å²) < 4.78 is 0.766. The zero-order valence-electron chi connectivity index (χ0n) is 12.8. The normalized spacial score (nSPS) is 11.0. The number of aromatic nitrogens is 2. The lowest BCUT2D eigenvalue weighted by Crippen LogP contribution is -2.19. The molecule has 0 bridgehead atoms. The summed E-state index contributed by atoms with van der Waals surface area (Å²) in [5.74, 6) is 0.0893. The summed E-state index contributed by atoms with van der Waals surface area (Å²) in [5.41, 5.74) is 4.71. The fourth-order valence-electron chi connectivity index (χ4n) is 1.80. The van der Waals surface area contributed by atoms with E-state index >= 15 is 0 Å². The Morgan fingerprint density at radius 1 is 1.29 bits per heavy atom. The van der Waals surface area contributed by atoms with E-state index in [9.17, 15) is 4.79 Å². The number of benzene rings is 1. The summed E-state index contributed by atoms with van der Waals surface area (Å²) in [5, 5.41) is 15.1. The molecule has 0 saturated carbocycles. The van der Waals surface area contributed by atoms with E-state index in [1.54, 1.807) is 17.6 Å². The van der Waals surface area contributed by atoms with Crippen LogP contribution in [0.1, 0.15) is 10.4 Å². The Morgan fingerprint density at radius 3 is 2.88 bits per heavy atom. The molecule has 3 aromatic rings. The molecule has 1 amide bonds. The largest absolute Gasteiger partial charge is 0.272 e. The highest BCUT2D eigenvalue weighted by molar-refractivity contribution is 8.01. The fraction of sp³-hybridized carbons (Fsp3) is 0.125. The molecule has 2 heterocycles. The molecule has 0 atom stereocenters. The first-order valence-corrected chi connectivity index (χ1v) is 9.78. The number of nitrogens with one attached hydrogen (secondary N) is 1. The number of nitrogens with zero attached hydrogens (tertiary/aromatic N) is 3. The molecule has 0 unspecified atom stereocenters. The molecule has 2 aromatic heterocycles. The van der Waals surface area contributed by atoms with Gasteiger partial charge in [0.15, 0.2) is 4.34 Å². The molecular weight excluding hydrogens is 360 g/mol. The Bertz CT molecular complexity index is 842. The second-order valence-electron chi connectivity index (χ2n) is 4.79. The molecular formula is C16H14N4OS3. The third-order valence-electron chi connectivity index (χ3n) is 3.03. The Kier molecular flexibility index (Phi) is 5.73. The Hall–Kier alpha value is -2.03. The number of hydrogen-bond acceptors (Lipinski definition) is 7. The quantitative estimate of drug-likeness (QED) is 0.405. The minimum absolute atomic E-state index is 0.165. The number of aryl methyl sites for hydroxylation is 1. The van der Waals surface area contributed by atoms with Crippen molar-refractivity contribution in [1.82, 2.24) is 15.6 Å². The number of thioether (sulfide) groups is 1. The molecule has 0 aliphatic heterocycles. The molecule has 122 valence electrons. The van der Waals surface area contributed by atoms with Crippen molar-refractivity contribution in [3.63, 3.8) is 0 Å². The third-order valence-corrected chi connectivity index (χ3v) is 6.09. The van der Waals surface area contributed by atoms with Gasteiger partial charge in [0.1, 0.15) is 5.01 Å². The van der Waals surface area contributed by atoms with E-state index < -0.39 is 0 Å². The summed E-state index contributed by atoms with van der Waals surface area (Å²) in [6.07, 6.45) is 1.67. The summed E-state index contributed by atoms with van der Waals surface area (Å²) in [7, 11) is 0. The molecule has 1 aromatic carbocycles. The monoisotopic (exact) mass is 374 g/mol. The lowest BCUT2D eigenvalue weighted by molar-refractivity contribution is -0.118. The standard InChI is InChI=1S/C16H14N4OS3/c1-11-7-8-22-13(11)9-17-18-14(21)10-23-16-20-19-15(24-16)12-5-3-2-4-6-12/h2-9H,10H2,1H3,(H,18,21). The highest BCUT2D eigenvalue weighted by Crippen LogP contribution is 2.28. The van der Waals surface area contributed by atoms with Gasteiger partial charge in [-0.3, -0.25) is 4.79 Å². The van der Waals surface area contributed by atoms with Crippen LogP contribution in [0.3, 0.4) is 0 Å². The summed E-state index contributed by atoms with van der Waals surface area (Å²) >= 11 is 4.42. The van der Waals surface area contributed by atoms with Crippen LogP contribution in [0.4, 0.5) is 0 Å². The van der Waals surface area contributed by atoms with Gasteiger partial charge < -0.3 is 0 Å². The second kappa shape index (κ2) is 8.18. The molecule has 0 radical (unpaired) electrons. The molecule has 0 saturated heterocycles. The second-order valence-corrected chi connectivity index (χ2v) is 7.94. The van der Waals surface area contributed by atoms with E-state index in [0.717, 1.165) is 25.4 Å². The predicted octanol–water partition coefficient (Wildman–Crippen LogP) is 3.82. The van der Waals surface area contributed by atoms with E-state index in [1.165, 1.54) is 23.1 Å². The number of hydrogen-bond donors (Lipinski definition) is 1. The van der Waals surface area contributed by atoms with Gasteiger partial charge in [-0.05, 0) is 23.9 Å². The van der Waals surface area contributed by atoms with Crippen molar-refractivity contribution in [3.05, 3.63) is 52.2 Å². The van der Waals surface area contributed by atoms with E-state index in [4.69, 9.17) is 0 Å². The van der Waals surface area contributed by atoms with Crippen LogP contribution in [0.15, 0.2) is 51.2 Å². The van der Waals surface area contributed by atoms with Gasteiger partial charge >= 0.3 is 0 Å². The smallest absolute Gasteiger partial charge is 0.250 e. The van der Waals surface area contributed by atoms with Gasteiger partial charge in [0, 0.05) is 10.4 Å². The van der Waals surface area contributed by atoms with Gasteiger partial charge in [-0.1, -0.05) is 53.4 Å². The van der Waals surface area contributed by atoms with Crippen LogP contribution in [0, 0.1) is 6.92 Å². The molecule has 0 fully saturated rings. The van der Waals surface area contributed by atoms with Gasteiger partial charge in [0.05, 0.1) is 12.0 Å². The van der Waals surface area contributed by atoms with Crippen molar-refractivity contribution < 1.29 is 4.79 Å². The SMILES string of the molecule is Cc1ccsc1C=NNC(=O)CSc1nnc(-c2ccccc2)s1. The Labute approximate surface area is 151 Å². The molecule has 5 nitrogen and oxygen atoms in total. The third kappa shape index (κ3) is 4.50. The highest BCUT2D eigenvalue weighted by Gasteiger charge is 2.09. The first kappa shape index (κ1) is 16.8. The van der Waals surface area contributed by atoms with Crippen LogP contribution in [0.5, 0.6) is 0 Å². The van der Waals surface area contributed by atoms with Gasteiger partial charge in [0.2, 0.25) is 0 Å². The zero-order valence-corrected chi connectivity index (χ0v) is 15.3. The highest BCUT2D eigenvalue weighted by atomic mass is 32.2. The summed E-state index contributed by atoms with van der Waals surface area (Å²) in [4.78, 5) is 12.9. The first-order chi connectivity index (χ1) is 11.7. The molecule has 24 heavy (non-hydrogen) atoms. The zero-order chi connectivity index (χ0) is 16.8. The van der Waals surface area contributed by atoms with E-state index in [2.05, 4.69) is 20.7 Å². The van der Waals surface area contributed by atoms with Crippen LogP contribution < -0.4 is 5.43 Å². The van der Waals surface area contributed by atoms with Crippen LogP contribution in [0.25, 0.3) is 10.6 Å². The molecule has 1 N–H and O–H groups in total. The van der Waals surface area contributed by atoms with Crippen molar-refractivity contribution >= 4 is 46.6 Å². The number of amides is 1. The minimum Gasteiger partial charge on any atom is -0.272 e. The maximum atomic E-state index is 11.8. The van der Waals surface area contributed by atoms with Crippen LogP contribution in [0.2, 0.25) is 0 Å². The Balaban J connectivity index is 1.49. The van der Waals surface area contributed by atoms with Crippen molar-refractivity contribution in [2.24, 2.45) is 5.10 Å². The number of hydrazone groups is 1. The van der Waals surface area contributed by atoms with E-state index in [0.29, 0.717) is 0 Å². The predicted molar refractivity (Wildman–Crippen MR) is 101 cm³/mol. The number of carbonyl (C=O) groups excluding carboxylic acids is 1. The molecule has 0 aliphatic carbocycles. The molecule has 0 spiro atoms. The lowest BCUT2D eigenvalue weighted by Gasteiger charge is -1.97. The number of thiophene rings is 1. The maximum Gasteiger partial charge on any atom is 0.250 e. The van der Waals surface area contributed by atoms with E-state index in [1.807, 2.05) is 48.7 Å². The fourth-order valence-corrected chi connectivity index (χ4v) is 4.24. The average Bonchev–Trinajstić information content (AvgIpc) is 3.23. The van der Waals surface area contributed by atoms with Gasteiger partial charge in [-0.15, -0.1) is 21.5 Å². The van der Waals surface area contributed by atoms with Gasteiger partial charge in [-0.25, -0.2) is 5.43 Å². The topological polar surface area (TPSA) is 67.2 Å². The van der Waals surface area contributed by atoms with Crippen molar-refractivity contribution in [2.45, 2.75) is 11.3 Å². The summed E-state index contributed by atoms with van der Waals surface area (Å²) in [6, 6.07) is 11.9. The van der Waals surface area contributed by atoms with Crippen LogP contribution >= 0.6 is 34.4 Å². The van der Waals surface area contributed by atoms with Crippen LogP contribution in [-0.2, 0) is 4.79 Å². The van der Waals surface area contributed by atoms with Crippen molar-refractivity contribution in [1.29, 1.82) is 0 Å². The average molecular weight is 375 g/mol. The molecule has 3 rings (SSSR count). The maximum absolute atomic E-state index is 11.8. The van der Waals surface area contributed by atoms with Crippen molar-refractivity contribution in [2.75, 3.05) is 5.75 Å². The summed E-state index contributed by atoms with van der Waals surface area (Å²) in [6.45, 7) is 2.01. The molecule has 8 heteroatoms. The van der Waals surface area contributed by atoms with E-state index in [-0.39, 0.29) is 11.7 Å². The van der Waals surface area contributed by atoms with Crippen LogP contribution in [-0.4, -0.2) is 28.1 Å². The molecule has 0 aliphatic rings. The van der Waals surface area contributed by atoms with Crippen molar-refractivity contribution in [3.8, 4) is 10.6 Å². The lowest BCUT2D eigenvalue weighted by atomic mass is 10.2. The van der Waals surface area contributed by atoms with Gasteiger partial charge in [0.25, 0.3) is 5.91 Å². The Morgan fingerprint density at radius 2 is 2.12 bits per heavy atom. The number of rotatable bonds is 6. The minimum atomic E-state index is -0.165. The van der Waals surface area contributed by atoms with Gasteiger partial charge in [-0.2, -0.15) is 5.10 Å². The number of carbonyl (C=O) groups is 1.